The Balaban J connectivity index is 1.57. The van der Waals surface area contributed by atoms with Gasteiger partial charge < -0.3 is 10.2 Å². The molecule has 1 amide bonds. The number of benzene rings is 1. The minimum atomic E-state index is -0.442. The highest BCUT2D eigenvalue weighted by Gasteiger charge is 2.18. The van der Waals surface area contributed by atoms with E-state index in [1.807, 2.05) is 6.07 Å². The largest absolute Gasteiger partial charge is 0.356 e. The molecule has 1 fully saturated rings. The van der Waals surface area contributed by atoms with Crippen LogP contribution in [0.25, 0.3) is 0 Å². The molecule has 1 aromatic heterocycles. The Bertz CT molecular complexity index is 792. The van der Waals surface area contributed by atoms with Gasteiger partial charge in [-0.1, -0.05) is 30.3 Å². The molecule has 0 saturated carbocycles. The van der Waals surface area contributed by atoms with Crippen LogP contribution in [0.4, 0.5) is 15.9 Å². The first-order valence-electron chi connectivity index (χ1n) is 8.46. The molecule has 26 heavy (non-hydrogen) atoms. The third kappa shape index (κ3) is 5.08. The first kappa shape index (κ1) is 18.9. The van der Waals surface area contributed by atoms with Crippen LogP contribution in [-0.2, 0) is 4.79 Å². The molecule has 0 spiro atoms. The molecule has 1 aliphatic rings. The molecular weight excluding hydrogens is 375 g/mol. The first-order chi connectivity index (χ1) is 12.5. The van der Waals surface area contributed by atoms with Crippen LogP contribution in [0.1, 0.15) is 19.8 Å². The Kier molecular flexibility index (Phi) is 6.32. The lowest BCUT2D eigenvalue weighted by Gasteiger charge is -2.31. The molecule has 0 unspecified atom stereocenters. The smallest absolute Gasteiger partial charge is 0.234 e. The van der Waals surface area contributed by atoms with Crippen molar-refractivity contribution < 1.29 is 9.18 Å². The fourth-order valence-corrected chi connectivity index (χ4v) is 3.77. The number of hydrogen-bond donors (Lipinski definition) is 1. The van der Waals surface area contributed by atoms with Crippen LogP contribution in [0.2, 0.25) is 5.02 Å². The standard InChI is InChI=1S/C18H20ClFN4OS/c1-12-3-2-6-24(9-12)16-8-18(22-11-21-16)26-10-17(25)23-15-5-4-13(20)7-14(15)19/h4-5,7-8,11-12H,2-3,6,9-10H2,1H3,(H,23,25)/t12-/m0/s1. The molecule has 1 aliphatic heterocycles. The summed E-state index contributed by atoms with van der Waals surface area (Å²) in [5.41, 5.74) is 0.393. The van der Waals surface area contributed by atoms with Crippen molar-refractivity contribution in [1.29, 1.82) is 0 Å². The third-order valence-corrected chi connectivity index (χ3v) is 5.40. The van der Waals surface area contributed by atoms with Crippen molar-refractivity contribution >= 4 is 40.8 Å². The van der Waals surface area contributed by atoms with E-state index in [0.29, 0.717) is 11.6 Å². The predicted molar refractivity (Wildman–Crippen MR) is 103 cm³/mol. The van der Waals surface area contributed by atoms with Crippen molar-refractivity contribution in [1.82, 2.24) is 9.97 Å². The Hall–Kier alpha value is -1.86. The lowest BCUT2D eigenvalue weighted by molar-refractivity contribution is -0.113. The summed E-state index contributed by atoms with van der Waals surface area (Å²) in [6.45, 7) is 4.23. The SMILES string of the molecule is C[C@H]1CCCN(c2cc(SCC(=O)Nc3ccc(F)cc3Cl)ncn2)C1. The number of nitrogens with zero attached hydrogens (tertiary/aromatic N) is 3. The van der Waals surface area contributed by atoms with Gasteiger partial charge in [-0.3, -0.25) is 4.79 Å². The predicted octanol–water partition coefficient (Wildman–Crippen LogP) is 4.24. The Morgan fingerprint density at radius 2 is 2.27 bits per heavy atom. The molecule has 1 aromatic carbocycles. The zero-order chi connectivity index (χ0) is 18.5. The molecule has 0 aliphatic carbocycles. The second-order valence-electron chi connectivity index (χ2n) is 6.37. The number of halogens is 2. The number of rotatable bonds is 5. The molecule has 0 radical (unpaired) electrons. The zero-order valence-electron chi connectivity index (χ0n) is 14.4. The van der Waals surface area contributed by atoms with E-state index < -0.39 is 5.82 Å². The van der Waals surface area contributed by atoms with Crippen LogP contribution >= 0.6 is 23.4 Å². The van der Waals surface area contributed by atoms with Gasteiger partial charge in [-0.15, -0.1) is 0 Å². The third-order valence-electron chi connectivity index (χ3n) is 4.16. The Morgan fingerprint density at radius 1 is 1.42 bits per heavy atom. The lowest BCUT2D eigenvalue weighted by Crippen LogP contribution is -2.34. The highest BCUT2D eigenvalue weighted by atomic mass is 35.5. The van der Waals surface area contributed by atoms with Crippen LogP contribution in [0.3, 0.4) is 0 Å². The number of hydrogen-bond acceptors (Lipinski definition) is 5. The molecular formula is C18H20ClFN4OS. The molecule has 8 heteroatoms. The van der Waals surface area contributed by atoms with Crippen molar-refractivity contribution in [3.05, 3.63) is 41.4 Å². The fraction of sp³-hybridized carbons (Fsp3) is 0.389. The van der Waals surface area contributed by atoms with E-state index in [4.69, 9.17) is 11.6 Å². The average Bonchev–Trinajstić information content (AvgIpc) is 2.63. The number of nitrogens with one attached hydrogen (secondary N) is 1. The Labute approximate surface area is 161 Å². The van der Waals surface area contributed by atoms with Gasteiger partial charge in [0.1, 0.15) is 23.0 Å². The maximum Gasteiger partial charge on any atom is 0.234 e. The summed E-state index contributed by atoms with van der Waals surface area (Å²) in [5, 5.41) is 3.60. The van der Waals surface area contributed by atoms with Crippen LogP contribution < -0.4 is 10.2 Å². The van der Waals surface area contributed by atoms with Crippen LogP contribution in [0.15, 0.2) is 35.6 Å². The van der Waals surface area contributed by atoms with E-state index in [2.05, 4.69) is 27.1 Å². The number of anilines is 2. The van der Waals surface area contributed by atoms with Crippen LogP contribution in [-0.4, -0.2) is 34.7 Å². The van der Waals surface area contributed by atoms with Gasteiger partial charge in [-0.25, -0.2) is 14.4 Å². The molecule has 1 saturated heterocycles. The van der Waals surface area contributed by atoms with Gasteiger partial charge in [0.25, 0.3) is 0 Å². The maximum absolute atomic E-state index is 13.1. The van der Waals surface area contributed by atoms with E-state index in [-0.39, 0.29) is 16.7 Å². The van der Waals surface area contributed by atoms with E-state index in [1.165, 1.54) is 42.7 Å². The Morgan fingerprint density at radius 3 is 3.04 bits per heavy atom. The van der Waals surface area contributed by atoms with E-state index in [9.17, 15) is 9.18 Å². The summed E-state index contributed by atoms with van der Waals surface area (Å²) in [6, 6.07) is 5.78. The van der Waals surface area contributed by atoms with Crippen molar-refractivity contribution in [2.75, 3.05) is 29.1 Å². The summed E-state index contributed by atoms with van der Waals surface area (Å²) >= 11 is 7.25. The number of amides is 1. The van der Waals surface area contributed by atoms with Crippen LogP contribution in [0, 0.1) is 11.7 Å². The highest BCUT2D eigenvalue weighted by molar-refractivity contribution is 7.99. The maximum atomic E-state index is 13.1. The van der Waals surface area contributed by atoms with Gasteiger partial charge in [0.2, 0.25) is 5.91 Å². The molecule has 5 nitrogen and oxygen atoms in total. The molecule has 2 heterocycles. The molecule has 138 valence electrons. The van der Waals surface area contributed by atoms with E-state index >= 15 is 0 Å². The normalized spacial score (nSPS) is 17.2. The van der Waals surface area contributed by atoms with Gasteiger partial charge in [-0.05, 0) is 37.0 Å². The summed E-state index contributed by atoms with van der Waals surface area (Å²) in [6.07, 6.45) is 3.94. The minimum absolute atomic E-state index is 0.173. The summed E-state index contributed by atoms with van der Waals surface area (Å²) < 4.78 is 13.1. The number of thioether (sulfide) groups is 1. The van der Waals surface area contributed by atoms with Crippen molar-refractivity contribution in [3.63, 3.8) is 0 Å². The van der Waals surface area contributed by atoms with Crippen molar-refractivity contribution in [2.45, 2.75) is 24.8 Å². The van der Waals surface area contributed by atoms with Gasteiger partial charge in [-0.2, -0.15) is 0 Å². The number of piperidine rings is 1. The van der Waals surface area contributed by atoms with Gasteiger partial charge >= 0.3 is 0 Å². The van der Waals surface area contributed by atoms with E-state index in [1.54, 1.807) is 0 Å². The second-order valence-corrected chi connectivity index (χ2v) is 7.77. The summed E-state index contributed by atoms with van der Waals surface area (Å²) in [7, 11) is 0. The van der Waals surface area contributed by atoms with Gasteiger partial charge in [0.05, 0.1) is 16.5 Å². The highest BCUT2D eigenvalue weighted by Crippen LogP contribution is 2.25. The summed E-state index contributed by atoms with van der Waals surface area (Å²) in [5.74, 6) is 1.07. The lowest BCUT2D eigenvalue weighted by atomic mass is 10.0. The topological polar surface area (TPSA) is 58.1 Å². The number of aromatic nitrogens is 2. The molecule has 1 atom stereocenters. The molecule has 2 aromatic rings. The zero-order valence-corrected chi connectivity index (χ0v) is 16.0. The first-order valence-corrected chi connectivity index (χ1v) is 9.82. The number of carbonyl (C=O) groups is 1. The fourth-order valence-electron chi connectivity index (χ4n) is 2.90. The number of carbonyl (C=O) groups excluding carboxylic acids is 1. The van der Waals surface area contributed by atoms with Crippen molar-refractivity contribution in [2.24, 2.45) is 5.92 Å². The van der Waals surface area contributed by atoms with Gasteiger partial charge in [0.15, 0.2) is 0 Å². The second kappa shape index (κ2) is 8.68. The average molecular weight is 395 g/mol. The van der Waals surface area contributed by atoms with Gasteiger partial charge in [0, 0.05) is 19.2 Å². The molecule has 0 bridgehead atoms. The van der Waals surface area contributed by atoms with Crippen molar-refractivity contribution in [3.8, 4) is 0 Å². The monoisotopic (exact) mass is 394 g/mol. The molecule has 3 rings (SSSR count). The van der Waals surface area contributed by atoms with E-state index in [0.717, 1.165) is 30.4 Å². The summed E-state index contributed by atoms with van der Waals surface area (Å²) in [4.78, 5) is 23.0. The van der Waals surface area contributed by atoms with Crippen LogP contribution in [0.5, 0.6) is 0 Å². The minimum Gasteiger partial charge on any atom is -0.356 e. The molecule has 1 N–H and O–H groups in total. The quantitative estimate of drug-likeness (QED) is 0.607.